The van der Waals surface area contributed by atoms with Gasteiger partial charge in [0.2, 0.25) is 0 Å². The first-order chi connectivity index (χ1) is 13.4. The van der Waals surface area contributed by atoms with Crippen LogP contribution in [0.15, 0.2) is 10.4 Å². The lowest BCUT2D eigenvalue weighted by Gasteiger charge is -2.48. The molecule has 1 aromatic heterocycles. The van der Waals surface area contributed by atoms with Crippen LogP contribution in [0.25, 0.3) is 0 Å². The molecule has 2 aliphatic rings. The fraction of sp³-hybridized carbons (Fsp3) is 0.778. The summed E-state index contributed by atoms with van der Waals surface area (Å²) in [6.45, 7) is 4.38. The zero-order chi connectivity index (χ0) is 20.0. The number of aromatic nitrogens is 1. The maximum absolute atomic E-state index is 12.7. The lowest BCUT2D eigenvalue weighted by atomic mass is 9.80. The van der Waals surface area contributed by atoms with Crippen molar-refractivity contribution in [1.29, 1.82) is 0 Å². The third-order valence-electron chi connectivity index (χ3n) is 5.52. The number of aliphatic imine (C=N–C) groups is 1. The molecule has 0 atom stereocenters. The van der Waals surface area contributed by atoms with Crippen molar-refractivity contribution in [2.75, 3.05) is 39.9 Å². The Bertz CT molecular complexity index is 658. The molecule has 0 radical (unpaired) electrons. The predicted octanol–water partition coefficient (Wildman–Crippen LogP) is 3.48. The van der Waals surface area contributed by atoms with Gasteiger partial charge in [-0.05, 0) is 12.8 Å². The van der Waals surface area contributed by atoms with Gasteiger partial charge in [0.25, 0.3) is 0 Å². The van der Waals surface area contributed by atoms with Crippen LogP contribution in [0.5, 0.6) is 0 Å². The highest BCUT2D eigenvalue weighted by Gasteiger charge is 2.38. The van der Waals surface area contributed by atoms with Crippen LogP contribution >= 0.6 is 35.3 Å². The van der Waals surface area contributed by atoms with Crippen molar-refractivity contribution in [3.05, 3.63) is 16.1 Å². The number of nitrogens with zero attached hydrogens (tertiary/aromatic N) is 3. The van der Waals surface area contributed by atoms with Crippen LogP contribution in [0.3, 0.4) is 0 Å². The van der Waals surface area contributed by atoms with Crippen LogP contribution in [-0.2, 0) is 17.5 Å². The monoisotopic (exact) mass is 547 g/mol. The molecule has 0 spiro atoms. The van der Waals surface area contributed by atoms with Gasteiger partial charge in [-0.3, -0.25) is 9.89 Å². The van der Waals surface area contributed by atoms with Crippen LogP contribution in [0.4, 0.5) is 13.2 Å². The molecule has 1 aromatic rings. The van der Waals surface area contributed by atoms with Crippen molar-refractivity contribution < 1.29 is 17.9 Å². The van der Waals surface area contributed by atoms with Gasteiger partial charge in [0.05, 0.1) is 19.8 Å². The number of ether oxygens (including phenoxy) is 1. The van der Waals surface area contributed by atoms with E-state index in [-0.39, 0.29) is 36.1 Å². The van der Waals surface area contributed by atoms with E-state index < -0.39 is 11.9 Å². The molecular formula is C18H29F3IN5OS. The standard InChI is InChI=1S/C18H28F3N5OS.HI/c1-22-16(23-11-15-25-14(12-28-15)18(19,20)21)24-13-17(5-3-2-4-6-17)26-7-9-27-10-8-26;/h12H,2-11,13H2,1H3,(H2,22,23,24);1H. The van der Waals surface area contributed by atoms with Crippen LogP contribution in [0.1, 0.15) is 42.8 Å². The second-order valence-electron chi connectivity index (χ2n) is 7.29. The zero-order valence-electron chi connectivity index (χ0n) is 16.6. The number of hydrogen-bond donors (Lipinski definition) is 2. The Morgan fingerprint density at radius 1 is 1.24 bits per heavy atom. The average Bonchev–Trinajstić information content (AvgIpc) is 3.19. The molecule has 166 valence electrons. The van der Waals surface area contributed by atoms with Crippen molar-refractivity contribution in [2.24, 2.45) is 4.99 Å². The number of hydrogen-bond acceptors (Lipinski definition) is 5. The molecule has 1 saturated carbocycles. The van der Waals surface area contributed by atoms with Gasteiger partial charge >= 0.3 is 6.18 Å². The normalized spacial score (nSPS) is 20.8. The van der Waals surface area contributed by atoms with Gasteiger partial charge in [0, 0.05) is 37.6 Å². The van der Waals surface area contributed by atoms with Gasteiger partial charge in [0.15, 0.2) is 11.7 Å². The lowest BCUT2D eigenvalue weighted by Crippen LogP contribution is -2.60. The largest absolute Gasteiger partial charge is 0.434 e. The minimum absolute atomic E-state index is 0. The fourth-order valence-corrected chi connectivity index (χ4v) is 4.74. The summed E-state index contributed by atoms with van der Waals surface area (Å²) in [6, 6.07) is 0. The number of alkyl halides is 3. The highest BCUT2D eigenvalue weighted by Crippen LogP contribution is 2.34. The highest BCUT2D eigenvalue weighted by atomic mass is 127. The Balaban J connectivity index is 0.00000300. The lowest BCUT2D eigenvalue weighted by molar-refractivity contribution is -0.140. The first-order valence-corrected chi connectivity index (χ1v) is 10.6. The summed E-state index contributed by atoms with van der Waals surface area (Å²) in [5.74, 6) is 0.585. The molecule has 0 bridgehead atoms. The average molecular weight is 547 g/mol. The molecule has 2 heterocycles. The Kier molecular flexibility index (Phi) is 9.42. The Morgan fingerprint density at radius 3 is 2.52 bits per heavy atom. The van der Waals surface area contributed by atoms with E-state index in [0.29, 0.717) is 11.0 Å². The van der Waals surface area contributed by atoms with Gasteiger partial charge in [-0.2, -0.15) is 13.2 Å². The Hall–Kier alpha value is -0.660. The van der Waals surface area contributed by atoms with Crippen LogP contribution in [0.2, 0.25) is 0 Å². The summed E-state index contributed by atoms with van der Waals surface area (Å²) in [4.78, 5) is 10.4. The summed E-state index contributed by atoms with van der Waals surface area (Å²) in [5.41, 5.74) is -0.754. The molecule has 1 aliphatic carbocycles. The number of nitrogens with one attached hydrogen (secondary N) is 2. The number of guanidine groups is 1. The number of halogens is 4. The first kappa shape index (κ1) is 24.6. The van der Waals surface area contributed by atoms with Gasteiger partial charge < -0.3 is 15.4 Å². The quantitative estimate of drug-likeness (QED) is 0.336. The van der Waals surface area contributed by atoms with E-state index in [4.69, 9.17) is 4.74 Å². The molecule has 6 nitrogen and oxygen atoms in total. The maximum atomic E-state index is 12.7. The van der Waals surface area contributed by atoms with Gasteiger partial charge in [0.1, 0.15) is 5.01 Å². The minimum atomic E-state index is -4.40. The summed E-state index contributed by atoms with van der Waals surface area (Å²) in [6.07, 6.45) is 1.57. The van der Waals surface area contributed by atoms with Gasteiger partial charge in [-0.1, -0.05) is 19.3 Å². The predicted molar refractivity (Wildman–Crippen MR) is 119 cm³/mol. The molecule has 2 fully saturated rings. The van der Waals surface area contributed by atoms with Crippen LogP contribution in [-0.4, -0.2) is 61.3 Å². The molecule has 11 heteroatoms. The third kappa shape index (κ3) is 6.66. The Morgan fingerprint density at radius 2 is 1.93 bits per heavy atom. The smallest absolute Gasteiger partial charge is 0.379 e. The molecule has 0 amide bonds. The molecule has 29 heavy (non-hydrogen) atoms. The topological polar surface area (TPSA) is 61.8 Å². The van der Waals surface area contributed by atoms with E-state index in [1.165, 1.54) is 19.3 Å². The molecule has 0 aromatic carbocycles. The summed E-state index contributed by atoms with van der Waals surface area (Å²) in [5, 5.41) is 7.91. The molecule has 3 rings (SSSR count). The van der Waals surface area contributed by atoms with Crippen molar-refractivity contribution in [3.63, 3.8) is 0 Å². The van der Waals surface area contributed by atoms with Crippen LogP contribution < -0.4 is 10.6 Å². The van der Waals surface area contributed by atoms with E-state index in [1.807, 2.05) is 0 Å². The molecule has 1 aliphatic heterocycles. The molecular weight excluding hydrogens is 518 g/mol. The van der Waals surface area contributed by atoms with E-state index in [0.717, 1.165) is 62.4 Å². The second-order valence-corrected chi connectivity index (χ2v) is 8.23. The fourth-order valence-electron chi connectivity index (χ4n) is 4.00. The van der Waals surface area contributed by atoms with Gasteiger partial charge in [-0.15, -0.1) is 35.3 Å². The molecule has 1 saturated heterocycles. The zero-order valence-corrected chi connectivity index (χ0v) is 19.7. The van der Waals surface area contributed by atoms with Crippen molar-refractivity contribution >= 4 is 41.3 Å². The van der Waals surface area contributed by atoms with E-state index in [1.54, 1.807) is 7.05 Å². The number of thiazole rings is 1. The summed E-state index contributed by atoms with van der Waals surface area (Å²) >= 11 is 0.999. The van der Waals surface area contributed by atoms with E-state index in [2.05, 4.69) is 25.5 Å². The van der Waals surface area contributed by atoms with Crippen molar-refractivity contribution in [1.82, 2.24) is 20.5 Å². The number of morpholine rings is 1. The highest BCUT2D eigenvalue weighted by molar-refractivity contribution is 14.0. The van der Waals surface area contributed by atoms with Crippen LogP contribution in [0, 0.1) is 0 Å². The Labute approximate surface area is 190 Å². The molecule has 0 unspecified atom stereocenters. The third-order valence-corrected chi connectivity index (χ3v) is 6.37. The van der Waals surface area contributed by atoms with Crippen molar-refractivity contribution in [2.45, 2.75) is 50.4 Å². The minimum Gasteiger partial charge on any atom is -0.379 e. The summed E-state index contributed by atoms with van der Waals surface area (Å²) in [7, 11) is 1.67. The maximum Gasteiger partial charge on any atom is 0.434 e. The van der Waals surface area contributed by atoms with E-state index >= 15 is 0 Å². The summed E-state index contributed by atoms with van der Waals surface area (Å²) < 4.78 is 43.6. The van der Waals surface area contributed by atoms with E-state index in [9.17, 15) is 13.2 Å². The first-order valence-electron chi connectivity index (χ1n) is 9.72. The number of rotatable bonds is 5. The second kappa shape index (κ2) is 11.1. The van der Waals surface area contributed by atoms with Gasteiger partial charge in [-0.25, -0.2) is 4.98 Å². The van der Waals surface area contributed by atoms with Crippen molar-refractivity contribution in [3.8, 4) is 0 Å². The SMILES string of the molecule is CN=C(NCc1nc(C(F)(F)F)cs1)NCC1(N2CCOCC2)CCCCC1.I. The molecule has 2 N–H and O–H groups in total.